The fourth-order valence-electron chi connectivity index (χ4n) is 3.98. The van der Waals surface area contributed by atoms with E-state index in [1.54, 1.807) is 19.5 Å². The standard InChI is InChI=1S/C23H26N4O3/c1-3-25-11-13-26(14-12-25)21-20(18-6-8-19(30-2)9-7-18)22(28)27(23(21)29)16-17-5-4-10-24-15-17/h4-10,15H,3,11-14,16H2,1-2H3. The first-order valence-electron chi connectivity index (χ1n) is 10.2. The summed E-state index contributed by atoms with van der Waals surface area (Å²) in [7, 11) is 1.60. The van der Waals surface area contributed by atoms with Crippen LogP contribution in [0.4, 0.5) is 0 Å². The molecule has 2 aliphatic rings. The minimum Gasteiger partial charge on any atom is -0.497 e. The van der Waals surface area contributed by atoms with Crippen LogP contribution < -0.4 is 4.74 Å². The van der Waals surface area contributed by atoms with E-state index < -0.39 is 0 Å². The Hall–Kier alpha value is -3.19. The average molecular weight is 406 g/mol. The van der Waals surface area contributed by atoms with Crippen LogP contribution in [0.15, 0.2) is 54.5 Å². The maximum Gasteiger partial charge on any atom is 0.278 e. The second-order valence-electron chi connectivity index (χ2n) is 7.43. The lowest BCUT2D eigenvalue weighted by molar-refractivity contribution is -0.138. The SMILES string of the molecule is CCN1CCN(C2=C(c3ccc(OC)cc3)C(=O)N(Cc3cccnc3)C2=O)CC1. The highest BCUT2D eigenvalue weighted by molar-refractivity contribution is 6.35. The lowest BCUT2D eigenvalue weighted by Gasteiger charge is -2.36. The van der Waals surface area contributed by atoms with Crippen LogP contribution in [0.25, 0.3) is 5.57 Å². The molecule has 1 aromatic heterocycles. The summed E-state index contributed by atoms with van der Waals surface area (Å²) < 4.78 is 5.25. The van der Waals surface area contributed by atoms with Gasteiger partial charge in [0.1, 0.15) is 11.4 Å². The van der Waals surface area contributed by atoms with Gasteiger partial charge in [0.05, 0.1) is 19.2 Å². The third-order valence-corrected chi connectivity index (χ3v) is 5.72. The molecule has 3 heterocycles. The Morgan fingerprint density at radius 2 is 1.73 bits per heavy atom. The van der Waals surface area contributed by atoms with Crippen molar-refractivity contribution in [2.45, 2.75) is 13.5 Å². The van der Waals surface area contributed by atoms with E-state index in [1.807, 2.05) is 36.4 Å². The zero-order valence-corrected chi connectivity index (χ0v) is 17.4. The van der Waals surface area contributed by atoms with Crippen molar-refractivity contribution in [3.8, 4) is 5.75 Å². The van der Waals surface area contributed by atoms with Crippen molar-refractivity contribution in [3.05, 3.63) is 65.6 Å². The molecule has 0 N–H and O–H groups in total. The normalized spacial score (nSPS) is 17.8. The molecule has 1 fully saturated rings. The molecule has 30 heavy (non-hydrogen) atoms. The summed E-state index contributed by atoms with van der Waals surface area (Å²) in [5.74, 6) is 0.211. The monoisotopic (exact) mass is 406 g/mol. The molecular formula is C23H26N4O3. The number of amides is 2. The van der Waals surface area contributed by atoms with Gasteiger partial charge < -0.3 is 14.5 Å². The molecule has 2 aliphatic heterocycles. The Morgan fingerprint density at radius 1 is 1.00 bits per heavy atom. The molecule has 0 aliphatic carbocycles. The van der Waals surface area contributed by atoms with Crippen molar-refractivity contribution in [3.63, 3.8) is 0 Å². The Bertz CT molecular complexity index is 948. The van der Waals surface area contributed by atoms with Crippen LogP contribution in [-0.2, 0) is 16.1 Å². The number of carbonyl (C=O) groups excluding carboxylic acids is 2. The summed E-state index contributed by atoms with van der Waals surface area (Å²) in [6.45, 7) is 6.53. The van der Waals surface area contributed by atoms with Gasteiger partial charge in [-0.05, 0) is 35.9 Å². The van der Waals surface area contributed by atoms with Crippen molar-refractivity contribution >= 4 is 17.4 Å². The van der Waals surface area contributed by atoms with Gasteiger partial charge >= 0.3 is 0 Å². The zero-order valence-electron chi connectivity index (χ0n) is 17.4. The number of likely N-dealkylation sites (N-methyl/N-ethyl adjacent to an activating group) is 1. The summed E-state index contributed by atoms with van der Waals surface area (Å²) in [5, 5.41) is 0. The van der Waals surface area contributed by atoms with Gasteiger partial charge in [-0.3, -0.25) is 19.5 Å². The first-order valence-corrected chi connectivity index (χ1v) is 10.2. The molecule has 4 rings (SSSR count). The largest absolute Gasteiger partial charge is 0.497 e. The number of methoxy groups -OCH3 is 1. The summed E-state index contributed by atoms with van der Waals surface area (Å²) in [4.78, 5) is 36.7. The first kappa shape index (κ1) is 20.1. The third kappa shape index (κ3) is 3.80. The fourth-order valence-corrected chi connectivity index (χ4v) is 3.98. The van der Waals surface area contributed by atoms with Gasteiger partial charge in [-0.25, -0.2) is 0 Å². The molecule has 0 unspecified atom stereocenters. The van der Waals surface area contributed by atoms with E-state index in [9.17, 15) is 9.59 Å². The molecule has 7 heteroatoms. The van der Waals surface area contributed by atoms with Crippen LogP contribution in [0.1, 0.15) is 18.1 Å². The minimum atomic E-state index is -0.262. The molecule has 1 aromatic carbocycles. The number of aromatic nitrogens is 1. The van der Waals surface area contributed by atoms with E-state index in [0.717, 1.165) is 43.9 Å². The quantitative estimate of drug-likeness (QED) is 0.684. The number of ether oxygens (including phenoxy) is 1. The summed E-state index contributed by atoms with van der Waals surface area (Å²) in [6.07, 6.45) is 3.36. The molecule has 0 spiro atoms. The number of piperazine rings is 1. The number of imide groups is 1. The van der Waals surface area contributed by atoms with E-state index in [4.69, 9.17) is 4.74 Å². The summed E-state index contributed by atoms with van der Waals surface area (Å²) >= 11 is 0. The van der Waals surface area contributed by atoms with Crippen LogP contribution in [0.5, 0.6) is 5.75 Å². The lowest BCUT2D eigenvalue weighted by Crippen LogP contribution is -2.47. The molecule has 0 bridgehead atoms. The van der Waals surface area contributed by atoms with Gasteiger partial charge in [0.2, 0.25) is 0 Å². The molecule has 1 saturated heterocycles. The van der Waals surface area contributed by atoms with Crippen molar-refractivity contribution in [2.24, 2.45) is 0 Å². The van der Waals surface area contributed by atoms with Gasteiger partial charge in [0.15, 0.2) is 0 Å². The van der Waals surface area contributed by atoms with Crippen LogP contribution >= 0.6 is 0 Å². The van der Waals surface area contributed by atoms with Crippen LogP contribution in [0, 0.1) is 0 Å². The van der Waals surface area contributed by atoms with Gasteiger partial charge in [-0.1, -0.05) is 25.1 Å². The smallest absolute Gasteiger partial charge is 0.278 e. The van der Waals surface area contributed by atoms with Crippen molar-refractivity contribution in [1.82, 2.24) is 19.7 Å². The van der Waals surface area contributed by atoms with Gasteiger partial charge in [0.25, 0.3) is 11.8 Å². The Balaban J connectivity index is 1.70. The number of nitrogens with zero attached hydrogens (tertiary/aromatic N) is 4. The van der Waals surface area contributed by atoms with Crippen LogP contribution in [0.2, 0.25) is 0 Å². The average Bonchev–Trinajstić information content (AvgIpc) is 3.04. The van der Waals surface area contributed by atoms with Crippen LogP contribution in [-0.4, -0.2) is 71.3 Å². The highest BCUT2D eigenvalue weighted by Crippen LogP contribution is 2.33. The molecule has 0 saturated carbocycles. The number of hydrogen-bond donors (Lipinski definition) is 0. The first-order chi connectivity index (χ1) is 14.6. The maximum absolute atomic E-state index is 13.4. The number of benzene rings is 1. The second-order valence-corrected chi connectivity index (χ2v) is 7.43. The van der Waals surface area contributed by atoms with Crippen LogP contribution in [0.3, 0.4) is 0 Å². The number of carbonyl (C=O) groups is 2. The lowest BCUT2D eigenvalue weighted by atomic mass is 10.0. The predicted octanol–water partition coefficient (Wildman–Crippen LogP) is 2.01. The summed E-state index contributed by atoms with van der Waals surface area (Å²) in [5.41, 5.74) is 2.53. The topological polar surface area (TPSA) is 66.0 Å². The Morgan fingerprint density at radius 3 is 2.33 bits per heavy atom. The number of rotatable bonds is 6. The highest BCUT2D eigenvalue weighted by Gasteiger charge is 2.42. The van der Waals surface area contributed by atoms with Gasteiger partial charge in [-0.2, -0.15) is 0 Å². The minimum absolute atomic E-state index is 0.212. The fraction of sp³-hybridized carbons (Fsp3) is 0.348. The molecule has 2 aromatic rings. The van der Waals surface area contributed by atoms with Gasteiger partial charge in [-0.15, -0.1) is 0 Å². The third-order valence-electron chi connectivity index (χ3n) is 5.72. The summed E-state index contributed by atoms with van der Waals surface area (Å²) in [6, 6.07) is 11.0. The zero-order chi connectivity index (χ0) is 21.1. The van der Waals surface area contributed by atoms with Crippen molar-refractivity contribution in [2.75, 3.05) is 39.8 Å². The Kier molecular flexibility index (Phi) is 5.81. The van der Waals surface area contributed by atoms with Crippen molar-refractivity contribution < 1.29 is 14.3 Å². The number of pyridine rings is 1. The van der Waals surface area contributed by atoms with E-state index in [0.29, 0.717) is 17.0 Å². The highest BCUT2D eigenvalue weighted by atomic mass is 16.5. The predicted molar refractivity (Wildman–Crippen MR) is 113 cm³/mol. The molecule has 156 valence electrons. The maximum atomic E-state index is 13.4. The second kappa shape index (κ2) is 8.67. The molecule has 2 amide bonds. The molecular weight excluding hydrogens is 380 g/mol. The van der Waals surface area contributed by atoms with E-state index in [2.05, 4.69) is 21.7 Å². The molecule has 7 nitrogen and oxygen atoms in total. The van der Waals surface area contributed by atoms with Gasteiger partial charge in [0, 0.05) is 38.6 Å². The molecule has 0 radical (unpaired) electrons. The van der Waals surface area contributed by atoms with E-state index >= 15 is 0 Å². The number of hydrogen-bond acceptors (Lipinski definition) is 6. The van der Waals surface area contributed by atoms with E-state index in [-0.39, 0.29) is 18.4 Å². The van der Waals surface area contributed by atoms with E-state index in [1.165, 1.54) is 4.90 Å². The van der Waals surface area contributed by atoms with Crippen molar-refractivity contribution in [1.29, 1.82) is 0 Å². The Labute approximate surface area is 176 Å². The molecule has 0 atom stereocenters.